The van der Waals surface area contributed by atoms with Gasteiger partial charge in [-0.1, -0.05) is 36.4 Å². The highest BCUT2D eigenvalue weighted by Crippen LogP contribution is 2.24. The minimum Gasteiger partial charge on any atom is -0.387 e. The van der Waals surface area contributed by atoms with Crippen LogP contribution in [-0.2, 0) is 4.79 Å². The highest BCUT2D eigenvalue weighted by molar-refractivity contribution is 6.07. The number of carbonyl (C=O) groups excluding carboxylic acids is 2. The standard InChI is InChI=1S/C25H25N3O5/c29-23(18-10-12-20(13-11-18)28(32)33)15-26-24(30)19-7-4-14-27(16-19)25(31)22-9-3-6-17-5-1-2-8-21(17)22/h1-3,5-6,8-13,19,23,29H,4,7,14-16H2,(H,26,30)/t19-,23-/m1/s1. The second-order valence-corrected chi connectivity index (χ2v) is 8.23. The molecule has 0 saturated carbocycles. The van der Waals surface area contributed by atoms with E-state index in [0.717, 1.165) is 17.2 Å². The van der Waals surface area contributed by atoms with Gasteiger partial charge in [0, 0.05) is 37.3 Å². The molecule has 33 heavy (non-hydrogen) atoms. The average molecular weight is 447 g/mol. The lowest BCUT2D eigenvalue weighted by atomic mass is 9.95. The fourth-order valence-electron chi connectivity index (χ4n) is 4.24. The van der Waals surface area contributed by atoms with E-state index in [1.54, 1.807) is 4.90 Å². The number of aliphatic hydroxyl groups is 1. The molecule has 0 bridgehead atoms. The maximum atomic E-state index is 13.2. The van der Waals surface area contributed by atoms with Gasteiger partial charge in [-0.15, -0.1) is 0 Å². The molecular formula is C25H25N3O5. The lowest BCUT2D eigenvalue weighted by molar-refractivity contribution is -0.384. The van der Waals surface area contributed by atoms with Crippen molar-refractivity contribution in [1.82, 2.24) is 10.2 Å². The summed E-state index contributed by atoms with van der Waals surface area (Å²) in [4.78, 5) is 37.9. The third-order valence-electron chi connectivity index (χ3n) is 6.06. The lowest BCUT2D eigenvalue weighted by Crippen LogP contribution is -2.46. The molecule has 1 aliphatic heterocycles. The third-order valence-corrected chi connectivity index (χ3v) is 6.06. The van der Waals surface area contributed by atoms with Gasteiger partial charge < -0.3 is 15.3 Å². The first-order chi connectivity index (χ1) is 15.9. The molecule has 8 nitrogen and oxygen atoms in total. The molecule has 1 saturated heterocycles. The maximum absolute atomic E-state index is 13.2. The highest BCUT2D eigenvalue weighted by Gasteiger charge is 2.29. The number of nitro benzene ring substituents is 1. The number of aliphatic hydroxyl groups excluding tert-OH is 1. The number of hydrogen-bond acceptors (Lipinski definition) is 5. The number of nitrogens with one attached hydrogen (secondary N) is 1. The summed E-state index contributed by atoms with van der Waals surface area (Å²) in [6.07, 6.45) is 0.407. The Morgan fingerprint density at radius 3 is 2.58 bits per heavy atom. The Kier molecular flexibility index (Phi) is 6.65. The zero-order chi connectivity index (χ0) is 23.4. The minimum absolute atomic E-state index is 0.00951. The number of amides is 2. The Morgan fingerprint density at radius 1 is 1.09 bits per heavy atom. The second kappa shape index (κ2) is 9.79. The van der Waals surface area contributed by atoms with Crippen LogP contribution in [0.2, 0.25) is 0 Å². The molecule has 0 aliphatic carbocycles. The zero-order valence-corrected chi connectivity index (χ0v) is 18.0. The molecule has 0 spiro atoms. The number of nitro groups is 1. The first-order valence-corrected chi connectivity index (χ1v) is 10.9. The van der Waals surface area contributed by atoms with Crippen molar-refractivity contribution in [1.29, 1.82) is 0 Å². The van der Waals surface area contributed by atoms with Crippen molar-refractivity contribution < 1.29 is 19.6 Å². The number of rotatable bonds is 6. The Hall–Kier alpha value is -3.78. The van der Waals surface area contributed by atoms with Crippen LogP contribution in [0.5, 0.6) is 0 Å². The van der Waals surface area contributed by atoms with Crippen LogP contribution in [0, 0.1) is 16.0 Å². The number of non-ortho nitro benzene ring substituents is 1. The lowest BCUT2D eigenvalue weighted by Gasteiger charge is -2.32. The molecule has 1 aliphatic rings. The van der Waals surface area contributed by atoms with Crippen molar-refractivity contribution in [2.24, 2.45) is 5.92 Å². The quantitative estimate of drug-likeness (QED) is 0.444. The van der Waals surface area contributed by atoms with Gasteiger partial charge in [0.05, 0.1) is 16.9 Å². The van der Waals surface area contributed by atoms with E-state index in [1.165, 1.54) is 24.3 Å². The first kappa shape index (κ1) is 22.4. The van der Waals surface area contributed by atoms with Crippen LogP contribution in [0.4, 0.5) is 5.69 Å². The number of carbonyl (C=O) groups is 2. The van der Waals surface area contributed by atoms with E-state index in [-0.39, 0.29) is 30.0 Å². The Labute approximate surface area is 191 Å². The summed E-state index contributed by atoms with van der Waals surface area (Å²) in [6.45, 7) is 0.906. The Bertz CT molecular complexity index is 1170. The number of likely N-dealkylation sites (tertiary alicyclic amines) is 1. The molecule has 3 aromatic carbocycles. The molecular weight excluding hydrogens is 422 g/mol. The van der Waals surface area contributed by atoms with E-state index < -0.39 is 11.0 Å². The summed E-state index contributed by atoms with van der Waals surface area (Å²) >= 11 is 0. The zero-order valence-electron chi connectivity index (χ0n) is 18.0. The summed E-state index contributed by atoms with van der Waals surface area (Å²) in [5.74, 6) is -0.664. The predicted octanol–water partition coefficient (Wildman–Crippen LogP) is 3.45. The van der Waals surface area contributed by atoms with Gasteiger partial charge in [0.25, 0.3) is 11.6 Å². The van der Waals surface area contributed by atoms with Gasteiger partial charge in [-0.2, -0.15) is 0 Å². The average Bonchev–Trinajstić information content (AvgIpc) is 2.86. The van der Waals surface area contributed by atoms with Crippen molar-refractivity contribution in [2.45, 2.75) is 18.9 Å². The minimum atomic E-state index is -0.980. The number of nitrogens with zero attached hydrogens (tertiary/aromatic N) is 2. The van der Waals surface area contributed by atoms with Crippen molar-refractivity contribution in [3.63, 3.8) is 0 Å². The molecule has 4 rings (SSSR count). The van der Waals surface area contributed by atoms with Gasteiger partial charge >= 0.3 is 0 Å². The fourth-order valence-corrected chi connectivity index (χ4v) is 4.24. The van der Waals surface area contributed by atoms with Gasteiger partial charge in [-0.3, -0.25) is 19.7 Å². The van der Waals surface area contributed by atoms with E-state index >= 15 is 0 Å². The highest BCUT2D eigenvalue weighted by atomic mass is 16.6. The molecule has 2 atom stereocenters. The molecule has 170 valence electrons. The van der Waals surface area contributed by atoms with Crippen LogP contribution in [0.15, 0.2) is 66.7 Å². The first-order valence-electron chi connectivity index (χ1n) is 10.9. The maximum Gasteiger partial charge on any atom is 0.269 e. The van der Waals surface area contributed by atoms with Crippen molar-refractivity contribution >= 4 is 28.3 Å². The predicted molar refractivity (Wildman–Crippen MR) is 124 cm³/mol. The number of benzene rings is 3. The summed E-state index contributed by atoms with van der Waals surface area (Å²) in [7, 11) is 0. The summed E-state index contributed by atoms with van der Waals surface area (Å²) in [5, 5.41) is 25.7. The van der Waals surface area contributed by atoms with Gasteiger partial charge in [0.1, 0.15) is 0 Å². The topological polar surface area (TPSA) is 113 Å². The van der Waals surface area contributed by atoms with Crippen LogP contribution in [0.1, 0.15) is 34.9 Å². The molecule has 0 aromatic heterocycles. The molecule has 2 N–H and O–H groups in total. The van der Waals surface area contributed by atoms with Crippen LogP contribution in [-0.4, -0.2) is 46.4 Å². The van der Waals surface area contributed by atoms with E-state index in [9.17, 15) is 24.8 Å². The molecule has 0 unspecified atom stereocenters. The van der Waals surface area contributed by atoms with Gasteiger partial charge in [-0.05, 0) is 47.4 Å². The van der Waals surface area contributed by atoms with Gasteiger partial charge in [0.15, 0.2) is 0 Å². The summed E-state index contributed by atoms with van der Waals surface area (Å²) in [6, 6.07) is 19.0. The van der Waals surface area contributed by atoms with E-state index in [2.05, 4.69) is 5.32 Å². The van der Waals surface area contributed by atoms with Crippen LogP contribution >= 0.6 is 0 Å². The molecule has 1 fully saturated rings. The Morgan fingerprint density at radius 2 is 1.82 bits per heavy atom. The van der Waals surface area contributed by atoms with Crippen molar-refractivity contribution in [3.05, 3.63) is 88.0 Å². The SMILES string of the molecule is O=C(NC[C@@H](O)c1ccc([N+](=O)[O-])cc1)[C@@H]1CCCN(C(=O)c2cccc3ccccc23)C1. The molecule has 0 radical (unpaired) electrons. The van der Waals surface area contributed by atoms with Crippen molar-refractivity contribution in [3.8, 4) is 0 Å². The summed E-state index contributed by atoms with van der Waals surface area (Å²) in [5.41, 5.74) is 1.05. The monoisotopic (exact) mass is 447 g/mol. The van der Waals surface area contributed by atoms with Crippen LogP contribution < -0.4 is 5.32 Å². The van der Waals surface area contributed by atoms with Gasteiger partial charge in [-0.25, -0.2) is 0 Å². The Balaban J connectivity index is 1.37. The molecule has 2 amide bonds. The second-order valence-electron chi connectivity index (χ2n) is 8.23. The number of hydrogen-bond donors (Lipinski definition) is 2. The number of fused-ring (bicyclic) bond motifs is 1. The largest absolute Gasteiger partial charge is 0.387 e. The van der Waals surface area contributed by atoms with Gasteiger partial charge in [0.2, 0.25) is 5.91 Å². The van der Waals surface area contributed by atoms with E-state index in [4.69, 9.17) is 0 Å². The van der Waals surface area contributed by atoms with Crippen LogP contribution in [0.25, 0.3) is 10.8 Å². The van der Waals surface area contributed by atoms with Crippen molar-refractivity contribution in [2.75, 3.05) is 19.6 Å². The van der Waals surface area contributed by atoms with E-state index in [0.29, 0.717) is 30.6 Å². The summed E-state index contributed by atoms with van der Waals surface area (Å²) < 4.78 is 0. The molecule has 3 aromatic rings. The fraction of sp³-hybridized carbons (Fsp3) is 0.280. The smallest absolute Gasteiger partial charge is 0.269 e. The normalized spacial score (nSPS) is 16.9. The van der Waals surface area contributed by atoms with Crippen LogP contribution in [0.3, 0.4) is 0 Å². The third kappa shape index (κ3) is 5.01. The molecule has 8 heteroatoms. The van der Waals surface area contributed by atoms with E-state index in [1.807, 2.05) is 42.5 Å². The number of piperidine rings is 1. The molecule has 1 heterocycles.